The van der Waals surface area contributed by atoms with Crippen LogP contribution >= 0.6 is 75.0 Å². The lowest BCUT2D eigenvalue weighted by molar-refractivity contribution is 1.24. The third kappa shape index (κ3) is 3.83. The van der Waals surface area contributed by atoms with Gasteiger partial charge in [0.25, 0.3) is 0 Å². The van der Waals surface area contributed by atoms with Gasteiger partial charge in [0.05, 0.1) is 7.14 Å². The molecule has 0 bridgehead atoms. The molecule has 0 amide bonds. The van der Waals surface area contributed by atoms with Crippen molar-refractivity contribution in [2.45, 2.75) is 5.66 Å². The van der Waals surface area contributed by atoms with Crippen LogP contribution in [0.15, 0.2) is 103 Å². The van der Waals surface area contributed by atoms with Gasteiger partial charge in [-0.2, -0.15) is 0 Å². The van der Waals surface area contributed by atoms with Gasteiger partial charge in [-0.3, -0.25) is 0 Å². The first-order valence-electron chi connectivity index (χ1n) is 10.0. The molecule has 0 N–H and O–H groups in total. The standard InChI is InChI=1S/C27H19I3P/c28-20-17-24(29)27(25(30)18-20)31(21-10-3-1-4-11-21,22-12-5-2-6-13-22)26-16-15-19-9-7-8-14-23(19)26/h1-18,26H/q+1. The highest BCUT2D eigenvalue weighted by molar-refractivity contribution is 14.1. The lowest BCUT2D eigenvalue weighted by Crippen LogP contribution is -2.37. The molecule has 0 spiro atoms. The number of hydrogen-bond acceptors (Lipinski definition) is 0. The van der Waals surface area contributed by atoms with E-state index in [2.05, 4.69) is 177 Å². The average Bonchev–Trinajstić information content (AvgIpc) is 3.22. The van der Waals surface area contributed by atoms with Crippen LogP contribution in [0.4, 0.5) is 0 Å². The van der Waals surface area contributed by atoms with Gasteiger partial charge >= 0.3 is 0 Å². The third-order valence-electron chi connectivity index (χ3n) is 5.85. The molecule has 0 saturated heterocycles. The van der Waals surface area contributed by atoms with Crippen LogP contribution in [0, 0.1) is 10.7 Å². The van der Waals surface area contributed by atoms with E-state index in [4.69, 9.17) is 0 Å². The summed E-state index contributed by atoms with van der Waals surface area (Å²) in [4.78, 5) is 0. The van der Waals surface area contributed by atoms with Crippen LogP contribution in [0.3, 0.4) is 0 Å². The number of hydrogen-bond donors (Lipinski definition) is 0. The maximum Gasteiger partial charge on any atom is 0.132 e. The number of allylic oxidation sites excluding steroid dienone is 1. The van der Waals surface area contributed by atoms with Crippen molar-refractivity contribution in [3.63, 3.8) is 0 Å². The summed E-state index contributed by atoms with van der Waals surface area (Å²) in [6.45, 7) is 0. The molecule has 0 saturated carbocycles. The van der Waals surface area contributed by atoms with E-state index in [1.54, 1.807) is 0 Å². The molecule has 0 radical (unpaired) electrons. The van der Waals surface area contributed by atoms with Gasteiger partial charge in [0.2, 0.25) is 0 Å². The Balaban J connectivity index is 1.95. The number of halogens is 3. The van der Waals surface area contributed by atoms with Gasteiger partial charge in [-0.25, -0.2) is 0 Å². The molecule has 0 aromatic heterocycles. The maximum absolute atomic E-state index is 2.57. The zero-order valence-electron chi connectivity index (χ0n) is 16.6. The van der Waals surface area contributed by atoms with Crippen molar-refractivity contribution in [3.05, 3.63) is 125 Å². The molecule has 4 heteroatoms. The molecular weight excluding hydrogens is 736 g/mol. The van der Waals surface area contributed by atoms with Crippen LogP contribution < -0.4 is 15.9 Å². The van der Waals surface area contributed by atoms with E-state index >= 15 is 0 Å². The Labute approximate surface area is 225 Å². The van der Waals surface area contributed by atoms with Crippen LogP contribution in [-0.2, 0) is 0 Å². The van der Waals surface area contributed by atoms with Crippen molar-refractivity contribution < 1.29 is 0 Å². The second-order valence-corrected chi connectivity index (χ2v) is 14.6. The topological polar surface area (TPSA) is 0 Å². The van der Waals surface area contributed by atoms with E-state index < -0.39 is 7.26 Å². The van der Waals surface area contributed by atoms with E-state index in [0.717, 1.165) is 0 Å². The Morgan fingerprint density at radius 2 is 1.13 bits per heavy atom. The molecule has 4 aromatic carbocycles. The Kier molecular flexibility index (Phi) is 6.57. The van der Waals surface area contributed by atoms with Gasteiger partial charge in [-0.1, -0.05) is 66.7 Å². The summed E-state index contributed by atoms with van der Waals surface area (Å²) in [7, 11) is -2.03. The summed E-state index contributed by atoms with van der Waals surface area (Å²) in [6, 6.07) is 36.0. The Morgan fingerprint density at radius 3 is 1.71 bits per heavy atom. The summed E-state index contributed by atoms with van der Waals surface area (Å²) in [5.41, 5.74) is 3.10. The Bertz CT molecular complexity index is 1200. The van der Waals surface area contributed by atoms with E-state index in [1.807, 2.05) is 0 Å². The van der Waals surface area contributed by atoms with Gasteiger partial charge < -0.3 is 0 Å². The maximum atomic E-state index is 2.57. The molecule has 1 aliphatic rings. The van der Waals surface area contributed by atoms with Crippen LogP contribution in [-0.4, -0.2) is 0 Å². The van der Waals surface area contributed by atoms with Gasteiger partial charge in [0.15, 0.2) is 0 Å². The zero-order chi connectivity index (χ0) is 21.4. The van der Waals surface area contributed by atoms with Crippen molar-refractivity contribution in [3.8, 4) is 0 Å². The highest BCUT2D eigenvalue weighted by atomic mass is 127. The van der Waals surface area contributed by atoms with Gasteiger partial charge in [-0.15, -0.1) is 0 Å². The molecule has 1 unspecified atom stereocenters. The fourth-order valence-electron chi connectivity index (χ4n) is 4.63. The normalized spacial score (nSPS) is 15.1. The molecule has 0 aliphatic heterocycles. The number of fused-ring (bicyclic) bond motifs is 1. The molecule has 1 aliphatic carbocycles. The summed E-state index contributed by atoms with van der Waals surface area (Å²) in [5, 5.41) is 4.37. The molecular formula is C27H19I3P+. The number of benzene rings is 4. The predicted molar refractivity (Wildman–Crippen MR) is 162 cm³/mol. The van der Waals surface area contributed by atoms with Crippen LogP contribution in [0.2, 0.25) is 0 Å². The van der Waals surface area contributed by atoms with Crippen molar-refractivity contribution in [2.75, 3.05) is 0 Å². The van der Waals surface area contributed by atoms with E-state index in [1.165, 1.54) is 37.8 Å². The van der Waals surface area contributed by atoms with Crippen molar-refractivity contribution >= 4 is 97.0 Å². The fourth-order valence-corrected chi connectivity index (χ4v) is 15.3. The molecule has 31 heavy (non-hydrogen) atoms. The van der Waals surface area contributed by atoms with E-state index in [-0.39, 0.29) is 0 Å². The largest absolute Gasteiger partial charge is 0.132 e. The smallest absolute Gasteiger partial charge is 0.0620 e. The number of rotatable bonds is 4. The lowest BCUT2D eigenvalue weighted by Gasteiger charge is -2.34. The quantitative estimate of drug-likeness (QED) is 0.149. The zero-order valence-corrected chi connectivity index (χ0v) is 23.9. The van der Waals surface area contributed by atoms with Gasteiger partial charge in [0.1, 0.15) is 28.8 Å². The Hall–Kier alpha value is -0.760. The molecule has 4 aromatic rings. The highest BCUT2D eigenvalue weighted by Gasteiger charge is 2.55. The third-order valence-corrected chi connectivity index (χ3v) is 13.7. The van der Waals surface area contributed by atoms with Crippen LogP contribution in [0.1, 0.15) is 16.8 Å². The molecule has 1 atom stereocenters. The van der Waals surface area contributed by atoms with Crippen LogP contribution in [0.5, 0.6) is 0 Å². The summed E-state index contributed by atoms with van der Waals surface area (Å²) in [5.74, 6) is 0. The minimum atomic E-state index is -2.03. The first kappa shape index (κ1) is 22.1. The molecule has 0 nitrogen and oxygen atoms in total. The summed E-state index contributed by atoms with van der Waals surface area (Å²) in [6.07, 6.45) is 4.79. The van der Waals surface area contributed by atoms with Gasteiger partial charge in [-0.05, 0) is 116 Å². The Morgan fingerprint density at radius 1 is 0.613 bits per heavy atom. The fraction of sp³-hybridized carbons (Fsp3) is 0.0370. The van der Waals surface area contributed by atoms with Crippen molar-refractivity contribution in [1.82, 2.24) is 0 Å². The SMILES string of the molecule is Ic1cc(I)c([P+](c2ccccc2)(c2ccccc2)C2C=Cc3ccccc32)c(I)c1. The van der Waals surface area contributed by atoms with Crippen molar-refractivity contribution in [2.24, 2.45) is 0 Å². The van der Waals surface area contributed by atoms with E-state index in [9.17, 15) is 0 Å². The highest BCUT2D eigenvalue weighted by Crippen LogP contribution is 2.70. The summed E-state index contributed by atoms with van der Waals surface area (Å²) >= 11 is 7.58. The predicted octanol–water partition coefficient (Wildman–Crippen LogP) is 7.56. The molecule has 0 fully saturated rings. The van der Waals surface area contributed by atoms with Crippen LogP contribution in [0.25, 0.3) is 6.08 Å². The molecule has 5 rings (SSSR count). The summed E-state index contributed by atoms with van der Waals surface area (Å²) < 4.78 is 4.00. The average molecular weight is 755 g/mol. The molecule has 0 heterocycles. The minimum Gasteiger partial charge on any atom is -0.0620 e. The second kappa shape index (κ2) is 9.24. The lowest BCUT2D eigenvalue weighted by atomic mass is 10.1. The van der Waals surface area contributed by atoms with Crippen molar-refractivity contribution in [1.29, 1.82) is 0 Å². The van der Waals surface area contributed by atoms with Gasteiger partial charge in [0, 0.05) is 9.13 Å². The first-order chi connectivity index (χ1) is 15.1. The van der Waals surface area contributed by atoms with E-state index in [0.29, 0.717) is 5.66 Å². The minimum absolute atomic E-state index is 0.315. The molecule has 152 valence electrons. The monoisotopic (exact) mass is 755 g/mol. The second-order valence-electron chi connectivity index (χ2n) is 7.54. The first-order valence-corrected chi connectivity index (χ1v) is 15.1.